The van der Waals surface area contributed by atoms with Crippen LogP contribution in [0, 0.1) is 39.9 Å². The fraction of sp³-hybridized carbons (Fsp3) is 0.567. The van der Waals surface area contributed by atoms with Crippen LogP contribution in [0.5, 0.6) is 0 Å². The molecule has 1 aliphatic carbocycles. The maximum absolute atomic E-state index is 14.1. The molecule has 4 heterocycles. The summed E-state index contributed by atoms with van der Waals surface area (Å²) in [5, 5.41) is 16.6. The number of carbonyl (C=O) groups is 4. The number of nitriles is 1. The van der Waals surface area contributed by atoms with Crippen molar-refractivity contribution in [1.82, 2.24) is 30.4 Å². The van der Waals surface area contributed by atoms with Crippen LogP contribution in [0.1, 0.15) is 53.1 Å². The number of hydrogen-bond acceptors (Lipinski definition) is 7. The number of pyridine rings is 2. The topological polar surface area (TPSA) is 148 Å². The third kappa shape index (κ3) is 5.00. The van der Waals surface area contributed by atoms with E-state index in [0.717, 1.165) is 5.39 Å². The first-order valence-electron chi connectivity index (χ1n) is 14.0. The zero-order chi connectivity index (χ0) is 29.9. The van der Waals surface area contributed by atoms with Gasteiger partial charge in [0.1, 0.15) is 18.1 Å². The molecule has 41 heavy (non-hydrogen) atoms. The quantitative estimate of drug-likeness (QED) is 0.548. The Kier molecular flexibility index (Phi) is 7.00. The summed E-state index contributed by atoms with van der Waals surface area (Å²) in [4.78, 5) is 64.4. The van der Waals surface area contributed by atoms with Crippen molar-refractivity contribution in [3.05, 3.63) is 36.3 Å². The van der Waals surface area contributed by atoms with E-state index in [1.54, 1.807) is 28.3 Å². The highest BCUT2D eigenvalue weighted by molar-refractivity contribution is 5.95. The summed E-state index contributed by atoms with van der Waals surface area (Å²) in [5.41, 5.74) is 0.302. The predicted molar refractivity (Wildman–Crippen MR) is 149 cm³/mol. The number of likely N-dealkylation sites (tertiary alicyclic amines) is 2. The van der Waals surface area contributed by atoms with Gasteiger partial charge in [-0.2, -0.15) is 5.26 Å². The Morgan fingerprint density at radius 1 is 1.10 bits per heavy atom. The van der Waals surface area contributed by atoms with E-state index >= 15 is 0 Å². The maximum atomic E-state index is 14.1. The maximum Gasteiger partial charge on any atom is 0.246 e. The van der Waals surface area contributed by atoms with E-state index in [1.807, 2.05) is 26.8 Å². The van der Waals surface area contributed by atoms with Gasteiger partial charge < -0.3 is 20.4 Å². The third-order valence-corrected chi connectivity index (χ3v) is 9.12. The molecule has 0 aromatic carbocycles. The minimum atomic E-state index is -1.01. The van der Waals surface area contributed by atoms with E-state index in [9.17, 15) is 24.4 Å². The molecule has 2 aromatic rings. The van der Waals surface area contributed by atoms with Gasteiger partial charge in [0.25, 0.3) is 0 Å². The predicted octanol–water partition coefficient (Wildman–Crippen LogP) is 1.80. The van der Waals surface area contributed by atoms with Gasteiger partial charge in [0.15, 0.2) is 0 Å². The zero-order valence-electron chi connectivity index (χ0n) is 24.3. The fourth-order valence-corrected chi connectivity index (χ4v) is 6.43. The van der Waals surface area contributed by atoms with Crippen LogP contribution in [0.15, 0.2) is 30.7 Å². The van der Waals surface area contributed by atoms with E-state index in [-0.39, 0.29) is 40.9 Å². The van der Waals surface area contributed by atoms with Crippen LogP contribution in [-0.2, 0) is 19.2 Å². The molecule has 4 amide bonds. The van der Waals surface area contributed by atoms with Gasteiger partial charge in [0.2, 0.25) is 23.6 Å². The van der Waals surface area contributed by atoms with Gasteiger partial charge in [0.05, 0.1) is 17.5 Å². The van der Waals surface area contributed by atoms with E-state index in [4.69, 9.17) is 0 Å². The third-order valence-electron chi connectivity index (χ3n) is 9.12. The van der Waals surface area contributed by atoms with E-state index in [1.165, 1.54) is 13.1 Å². The summed E-state index contributed by atoms with van der Waals surface area (Å²) in [6, 6.07) is 3.13. The second-order valence-corrected chi connectivity index (χ2v) is 13.2. The summed E-state index contributed by atoms with van der Waals surface area (Å²) < 4.78 is 0. The Bertz CT molecular complexity index is 1450. The SMILES string of the molecule is CC(=O)N1CC(C(=O)NC(C(=O)N2C[C@H]3[C@@H]([C@H]2C(=O)NC(C#N)c2cncc4cccnc24)C3(C)C)C(C)(C)C)C1. The minimum Gasteiger partial charge on any atom is -0.343 e. The molecule has 3 fully saturated rings. The standard InChI is InChI=1S/C30H37N7O4/c1-16(38)36-13-18(14-36)26(39)35-25(29(2,3)4)28(41)37-15-20-22(30(20,5)6)24(37)27(40)34-21(10-31)19-12-32-11-17-8-7-9-33-23(17)19/h7-9,11-12,18,20-22,24-25H,13-15H2,1-6H3,(H,34,40)(H,35,39)/t20-,21?,22-,24-,25?/m0/s1. The molecule has 3 aliphatic rings. The van der Waals surface area contributed by atoms with Crippen LogP contribution in [0.3, 0.4) is 0 Å². The normalized spacial score (nSPS) is 24.5. The Hall–Kier alpha value is -4.07. The van der Waals surface area contributed by atoms with Crippen molar-refractivity contribution in [2.75, 3.05) is 19.6 Å². The molecule has 5 atom stereocenters. The van der Waals surface area contributed by atoms with Gasteiger partial charge in [-0.25, -0.2) is 0 Å². The number of rotatable bonds is 6. The van der Waals surface area contributed by atoms with Crippen molar-refractivity contribution in [2.24, 2.45) is 28.6 Å². The Balaban J connectivity index is 1.37. The molecule has 0 spiro atoms. The van der Waals surface area contributed by atoms with Crippen molar-refractivity contribution in [3.63, 3.8) is 0 Å². The largest absolute Gasteiger partial charge is 0.343 e. The lowest BCUT2D eigenvalue weighted by atomic mass is 9.84. The molecule has 0 radical (unpaired) electrons. The Morgan fingerprint density at radius 2 is 1.80 bits per heavy atom. The van der Waals surface area contributed by atoms with Crippen molar-refractivity contribution in [1.29, 1.82) is 5.26 Å². The number of carbonyl (C=O) groups excluding carboxylic acids is 4. The Morgan fingerprint density at radius 3 is 2.44 bits per heavy atom. The zero-order valence-corrected chi connectivity index (χ0v) is 24.3. The summed E-state index contributed by atoms with van der Waals surface area (Å²) in [6.45, 7) is 12.3. The highest BCUT2D eigenvalue weighted by Gasteiger charge is 2.69. The number of amides is 4. The van der Waals surface area contributed by atoms with Gasteiger partial charge >= 0.3 is 0 Å². The number of nitrogens with one attached hydrogen (secondary N) is 2. The highest BCUT2D eigenvalue weighted by atomic mass is 16.2. The second-order valence-electron chi connectivity index (χ2n) is 13.2. The molecule has 1 saturated carbocycles. The first kappa shape index (κ1) is 28.5. The van der Waals surface area contributed by atoms with E-state index < -0.39 is 29.4 Å². The number of nitrogens with zero attached hydrogens (tertiary/aromatic N) is 5. The molecule has 216 valence electrons. The van der Waals surface area contributed by atoms with Crippen LogP contribution in [0.4, 0.5) is 0 Å². The molecule has 5 rings (SSSR count). The molecular formula is C30H37N7O4. The minimum absolute atomic E-state index is 0.0679. The van der Waals surface area contributed by atoms with E-state index in [0.29, 0.717) is 30.7 Å². The summed E-state index contributed by atoms with van der Waals surface area (Å²) in [6.07, 6.45) is 4.81. The lowest BCUT2D eigenvalue weighted by molar-refractivity contribution is -0.148. The molecule has 2 unspecified atom stereocenters. The van der Waals surface area contributed by atoms with Crippen molar-refractivity contribution in [3.8, 4) is 6.07 Å². The van der Waals surface area contributed by atoms with Crippen LogP contribution in [-0.4, -0.2) is 75.1 Å². The lowest BCUT2D eigenvalue weighted by Gasteiger charge is -2.41. The number of hydrogen-bond donors (Lipinski definition) is 2. The van der Waals surface area contributed by atoms with Crippen molar-refractivity contribution in [2.45, 2.75) is 59.7 Å². The van der Waals surface area contributed by atoms with E-state index in [2.05, 4.69) is 40.5 Å². The average Bonchev–Trinajstić information content (AvgIpc) is 3.21. The van der Waals surface area contributed by atoms with Gasteiger partial charge in [0, 0.05) is 56.1 Å². The molecule has 2 N–H and O–H groups in total. The summed E-state index contributed by atoms with van der Waals surface area (Å²) >= 11 is 0. The smallest absolute Gasteiger partial charge is 0.246 e. The molecular weight excluding hydrogens is 522 g/mol. The molecule has 11 nitrogen and oxygen atoms in total. The van der Waals surface area contributed by atoms with Crippen LogP contribution in [0.25, 0.3) is 10.9 Å². The number of aromatic nitrogens is 2. The average molecular weight is 560 g/mol. The molecule has 2 aliphatic heterocycles. The van der Waals surface area contributed by atoms with Gasteiger partial charge in [-0.1, -0.05) is 34.6 Å². The first-order chi connectivity index (χ1) is 19.3. The lowest BCUT2D eigenvalue weighted by Crippen LogP contribution is -2.62. The van der Waals surface area contributed by atoms with Crippen molar-refractivity contribution >= 4 is 34.5 Å². The van der Waals surface area contributed by atoms with Gasteiger partial charge in [-0.05, 0) is 34.8 Å². The molecule has 11 heteroatoms. The van der Waals surface area contributed by atoms with Gasteiger partial charge in [-0.15, -0.1) is 0 Å². The van der Waals surface area contributed by atoms with Gasteiger partial charge in [-0.3, -0.25) is 29.1 Å². The fourth-order valence-electron chi connectivity index (χ4n) is 6.43. The second kappa shape index (κ2) is 10.1. The monoisotopic (exact) mass is 559 g/mol. The summed E-state index contributed by atoms with van der Waals surface area (Å²) in [7, 11) is 0. The summed E-state index contributed by atoms with van der Waals surface area (Å²) in [5.74, 6) is -1.40. The van der Waals surface area contributed by atoms with Crippen LogP contribution in [0.2, 0.25) is 0 Å². The van der Waals surface area contributed by atoms with Crippen LogP contribution < -0.4 is 10.6 Å². The molecule has 2 aromatic heterocycles. The number of piperidine rings is 1. The number of fused-ring (bicyclic) bond motifs is 2. The molecule has 0 bridgehead atoms. The molecule has 2 saturated heterocycles. The first-order valence-corrected chi connectivity index (χ1v) is 14.0. The van der Waals surface area contributed by atoms with Crippen LogP contribution >= 0.6 is 0 Å². The Labute approximate surface area is 239 Å². The van der Waals surface area contributed by atoms with Crippen molar-refractivity contribution < 1.29 is 19.2 Å². The highest BCUT2D eigenvalue weighted by Crippen LogP contribution is 2.65.